The Morgan fingerprint density at radius 3 is 2.83 bits per heavy atom. The van der Waals surface area contributed by atoms with Crippen LogP contribution < -0.4 is 15.4 Å². The van der Waals surface area contributed by atoms with Crippen LogP contribution in [0, 0.1) is 6.92 Å². The van der Waals surface area contributed by atoms with Crippen molar-refractivity contribution in [2.75, 3.05) is 18.0 Å². The van der Waals surface area contributed by atoms with Gasteiger partial charge in [-0.05, 0) is 43.5 Å². The van der Waals surface area contributed by atoms with E-state index >= 15 is 0 Å². The van der Waals surface area contributed by atoms with E-state index in [1.54, 1.807) is 12.1 Å². The van der Waals surface area contributed by atoms with E-state index in [0.29, 0.717) is 0 Å². The van der Waals surface area contributed by atoms with E-state index in [1.807, 2.05) is 13.0 Å². The monoisotopic (exact) mass is 256 g/mol. The Bertz CT molecular complexity index is 412. The molecule has 1 heterocycles. The van der Waals surface area contributed by atoms with Crippen molar-refractivity contribution in [1.82, 2.24) is 0 Å². The van der Waals surface area contributed by atoms with E-state index < -0.39 is 6.61 Å². The lowest BCUT2D eigenvalue weighted by atomic mass is 10.0. The van der Waals surface area contributed by atoms with Crippen LogP contribution in [0.25, 0.3) is 0 Å². The summed E-state index contributed by atoms with van der Waals surface area (Å²) in [6.07, 6.45) is 2.11. The van der Waals surface area contributed by atoms with Crippen LogP contribution >= 0.6 is 0 Å². The van der Waals surface area contributed by atoms with Gasteiger partial charge in [0.1, 0.15) is 5.75 Å². The molecule has 1 atom stereocenters. The van der Waals surface area contributed by atoms with Crippen LogP contribution in [0.5, 0.6) is 5.75 Å². The summed E-state index contributed by atoms with van der Waals surface area (Å²) in [4.78, 5) is 2.20. The summed E-state index contributed by atoms with van der Waals surface area (Å²) >= 11 is 0. The fraction of sp³-hybridized carbons (Fsp3) is 0.538. The average Bonchev–Trinajstić information content (AvgIpc) is 2.28. The minimum absolute atomic E-state index is 0.190. The molecule has 2 rings (SSSR count). The topological polar surface area (TPSA) is 38.5 Å². The number of aryl methyl sites for hydroxylation is 1. The number of nitrogens with zero attached hydrogens (tertiary/aromatic N) is 1. The Kier molecular flexibility index (Phi) is 4.01. The predicted molar refractivity (Wildman–Crippen MR) is 67.2 cm³/mol. The fourth-order valence-electron chi connectivity index (χ4n) is 2.39. The molecule has 5 heteroatoms. The maximum atomic E-state index is 12.1. The number of nitrogens with two attached hydrogens (primary N) is 1. The van der Waals surface area contributed by atoms with Crippen LogP contribution in [0.1, 0.15) is 18.4 Å². The molecule has 1 aliphatic heterocycles. The molecule has 1 aliphatic rings. The molecule has 0 saturated carbocycles. The SMILES string of the molecule is Cc1cc(OC(F)F)ccc1N1CCCC(N)C1. The minimum Gasteiger partial charge on any atom is -0.435 e. The molecule has 0 amide bonds. The minimum atomic E-state index is -2.78. The molecular weight excluding hydrogens is 238 g/mol. The number of rotatable bonds is 3. The van der Waals surface area contributed by atoms with Gasteiger partial charge in [-0.3, -0.25) is 0 Å². The highest BCUT2D eigenvalue weighted by atomic mass is 19.3. The maximum absolute atomic E-state index is 12.1. The van der Waals surface area contributed by atoms with Crippen molar-refractivity contribution in [2.45, 2.75) is 32.4 Å². The Morgan fingerprint density at radius 1 is 1.44 bits per heavy atom. The molecule has 3 nitrogen and oxygen atoms in total. The van der Waals surface area contributed by atoms with Crippen LogP contribution in [0.3, 0.4) is 0 Å². The van der Waals surface area contributed by atoms with Crippen LogP contribution in [-0.2, 0) is 0 Å². The van der Waals surface area contributed by atoms with E-state index in [1.165, 1.54) is 0 Å². The molecule has 1 unspecified atom stereocenters. The zero-order chi connectivity index (χ0) is 13.1. The molecule has 18 heavy (non-hydrogen) atoms. The van der Waals surface area contributed by atoms with E-state index in [4.69, 9.17) is 5.73 Å². The Labute approximate surface area is 106 Å². The third kappa shape index (κ3) is 3.10. The second-order valence-corrected chi connectivity index (χ2v) is 4.68. The van der Waals surface area contributed by atoms with Crippen molar-refractivity contribution < 1.29 is 13.5 Å². The summed E-state index contributed by atoms with van der Waals surface area (Å²) in [5.41, 5.74) is 7.92. The summed E-state index contributed by atoms with van der Waals surface area (Å²) in [7, 11) is 0. The highest BCUT2D eigenvalue weighted by Gasteiger charge is 2.18. The first kappa shape index (κ1) is 13.1. The molecule has 2 N–H and O–H groups in total. The standard InChI is InChI=1S/C13H18F2N2O/c1-9-7-11(18-13(14)15)4-5-12(9)17-6-2-3-10(16)8-17/h4-5,7,10,13H,2-3,6,8,16H2,1H3. The average molecular weight is 256 g/mol. The Balaban J connectivity index is 2.13. The van der Waals surface area contributed by atoms with Gasteiger partial charge in [-0.15, -0.1) is 0 Å². The van der Waals surface area contributed by atoms with Gasteiger partial charge in [0.05, 0.1) is 0 Å². The number of hydrogen-bond donors (Lipinski definition) is 1. The second-order valence-electron chi connectivity index (χ2n) is 4.68. The smallest absolute Gasteiger partial charge is 0.387 e. The molecule has 1 aromatic rings. The molecule has 1 fully saturated rings. The summed E-state index contributed by atoms with van der Waals surface area (Å²) in [6.45, 7) is 0.895. The van der Waals surface area contributed by atoms with Gasteiger partial charge >= 0.3 is 6.61 Å². The van der Waals surface area contributed by atoms with Crippen LogP contribution in [-0.4, -0.2) is 25.7 Å². The van der Waals surface area contributed by atoms with Gasteiger partial charge in [0.2, 0.25) is 0 Å². The van der Waals surface area contributed by atoms with Crippen molar-refractivity contribution in [3.63, 3.8) is 0 Å². The third-order valence-corrected chi connectivity index (χ3v) is 3.19. The van der Waals surface area contributed by atoms with Gasteiger partial charge in [-0.1, -0.05) is 0 Å². The molecule has 1 saturated heterocycles. The molecule has 0 spiro atoms. The maximum Gasteiger partial charge on any atom is 0.387 e. The van der Waals surface area contributed by atoms with Crippen LogP contribution in [0.4, 0.5) is 14.5 Å². The van der Waals surface area contributed by atoms with Gasteiger partial charge < -0.3 is 15.4 Å². The largest absolute Gasteiger partial charge is 0.435 e. The number of alkyl halides is 2. The zero-order valence-corrected chi connectivity index (χ0v) is 10.4. The van der Waals surface area contributed by atoms with E-state index in [2.05, 4.69) is 9.64 Å². The van der Waals surface area contributed by atoms with Gasteiger partial charge in [0.15, 0.2) is 0 Å². The normalized spacial score (nSPS) is 20.3. The second kappa shape index (κ2) is 5.52. The van der Waals surface area contributed by atoms with Crippen molar-refractivity contribution in [2.24, 2.45) is 5.73 Å². The third-order valence-electron chi connectivity index (χ3n) is 3.19. The summed E-state index contributed by atoms with van der Waals surface area (Å²) in [6, 6.07) is 5.23. The lowest BCUT2D eigenvalue weighted by Gasteiger charge is -2.33. The van der Waals surface area contributed by atoms with Crippen molar-refractivity contribution in [1.29, 1.82) is 0 Å². The molecule has 100 valence electrons. The van der Waals surface area contributed by atoms with Gasteiger partial charge in [-0.2, -0.15) is 8.78 Å². The Morgan fingerprint density at radius 2 is 2.22 bits per heavy atom. The lowest BCUT2D eigenvalue weighted by Crippen LogP contribution is -2.43. The molecule has 0 aromatic heterocycles. The van der Waals surface area contributed by atoms with E-state index in [9.17, 15) is 8.78 Å². The number of benzene rings is 1. The summed E-state index contributed by atoms with van der Waals surface area (Å²) < 4.78 is 28.6. The first-order valence-corrected chi connectivity index (χ1v) is 6.12. The quantitative estimate of drug-likeness (QED) is 0.903. The van der Waals surface area contributed by atoms with Gasteiger partial charge in [0.25, 0.3) is 0 Å². The lowest BCUT2D eigenvalue weighted by molar-refractivity contribution is -0.0498. The molecular formula is C13H18F2N2O. The number of halogens is 2. The van der Waals surface area contributed by atoms with Gasteiger partial charge in [0, 0.05) is 24.8 Å². The number of hydrogen-bond acceptors (Lipinski definition) is 3. The number of anilines is 1. The fourth-order valence-corrected chi connectivity index (χ4v) is 2.39. The van der Waals surface area contributed by atoms with Crippen molar-refractivity contribution in [3.8, 4) is 5.75 Å². The first-order valence-electron chi connectivity index (χ1n) is 6.12. The predicted octanol–water partition coefficient (Wildman–Crippen LogP) is 2.52. The highest BCUT2D eigenvalue weighted by molar-refractivity contribution is 5.56. The van der Waals surface area contributed by atoms with E-state index in [0.717, 1.165) is 37.2 Å². The van der Waals surface area contributed by atoms with Crippen LogP contribution in [0.15, 0.2) is 18.2 Å². The summed E-state index contributed by atoms with van der Waals surface area (Å²) in [5, 5.41) is 0. The molecule has 0 radical (unpaired) electrons. The van der Waals surface area contributed by atoms with Gasteiger partial charge in [-0.25, -0.2) is 0 Å². The number of piperidine rings is 1. The van der Waals surface area contributed by atoms with Crippen LogP contribution in [0.2, 0.25) is 0 Å². The highest BCUT2D eigenvalue weighted by Crippen LogP contribution is 2.27. The Hall–Kier alpha value is -1.36. The van der Waals surface area contributed by atoms with E-state index in [-0.39, 0.29) is 11.8 Å². The van der Waals surface area contributed by atoms with Crippen molar-refractivity contribution in [3.05, 3.63) is 23.8 Å². The zero-order valence-electron chi connectivity index (χ0n) is 10.4. The molecule has 1 aromatic carbocycles. The molecule has 0 bridgehead atoms. The number of ether oxygens (including phenoxy) is 1. The molecule has 0 aliphatic carbocycles. The first-order chi connectivity index (χ1) is 8.56. The van der Waals surface area contributed by atoms with Crippen molar-refractivity contribution >= 4 is 5.69 Å². The summed E-state index contributed by atoms with van der Waals surface area (Å²) in [5.74, 6) is 0.201.